The molecule has 1 fully saturated rings. The zero-order valence-electron chi connectivity index (χ0n) is 9.68. The SMILES string of the molecule is C=C(C)CN1CCNCC1C(=O)NCC. The number of hydrogen-bond donors (Lipinski definition) is 2. The van der Waals surface area contributed by atoms with Gasteiger partial charge in [0, 0.05) is 32.7 Å². The molecule has 1 heterocycles. The van der Waals surface area contributed by atoms with Crippen LogP contribution >= 0.6 is 0 Å². The third kappa shape index (κ3) is 3.64. The molecule has 1 aliphatic rings. The second kappa shape index (κ2) is 5.88. The highest BCUT2D eigenvalue weighted by atomic mass is 16.2. The molecule has 1 unspecified atom stereocenters. The molecule has 15 heavy (non-hydrogen) atoms. The van der Waals surface area contributed by atoms with Crippen LogP contribution < -0.4 is 10.6 Å². The minimum Gasteiger partial charge on any atom is -0.355 e. The molecule has 0 aromatic rings. The van der Waals surface area contributed by atoms with E-state index in [0.717, 1.165) is 31.8 Å². The lowest BCUT2D eigenvalue weighted by Gasteiger charge is -2.35. The molecule has 4 heteroatoms. The monoisotopic (exact) mass is 211 g/mol. The van der Waals surface area contributed by atoms with Crippen LogP contribution in [0.3, 0.4) is 0 Å². The molecule has 0 bridgehead atoms. The van der Waals surface area contributed by atoms with Gasteiger partial charge in [0.2, 0.25) is 5.91 Å². The summed E-state index contributed by atoms with van der Waals surface area (Å²) in [6, 6.07) is -0.0459. The zero-order chi connectivity index (χ0) is 11.3. The number of hydrogen-bond acceptors (Lipinski definition) is 3. The summed E-state index contributed by atoms with van der Waals surface area (Å²) in [7, 11) is 0. The van der Waals surface area contributed by atoms with Gasteiger partial charge in [0.15, 0.2) is 0 Å². The van der Waals surface area contributed by atoms with Gasteiger partial charge in [-0.3, -0.25) is 9.69 Å². The number of carbonyl (C=O) groups is 1. The van der Waals surface area contributed by atoms with Crippen LogP contribution in [0.1, 0.15) is 13.8 Å². The van der Waals surface area contributed by atoms with Crippen LogP contribution in [0.5, 0.6) is 0 Å². The van der Waals surface area contributed by atoms with E-state index in [0.29, 0.717) is 6.54 Å². The Morgan fingerprint density at radius 3 is 3.00 bits per heavy atom. The second-order valence-corrected chi connectivity index (χ2v) is 4.04. The molecule has 0 saturated carbocycles. The number of amides is 1. The molecule has 4 nitrogen and oxygen atoms in total. The first-order valence-corrected chi connectivity index (χ1v) is 5.52. The highest BCUT2D eigenvalue weighted by molar-refractivity contribution is 5.82. The van der Waals surface area contributed by atoms with E-state index >= 15 is 0 Å². The van der Waals surface area contributed by atoms with Crippen molar-refractivity contribution in [3.8, 4) is 0 Å². The second-order valence-electron chi connectivity index (χ2n) is 4.04. The Bertz CT molecular complexity index is 240. The lowest BCUT2D eigenvalue weighted by Crippen LogP contribution is -2.58. The van der Waals surface area contributed by atoms with Gasteiger partial charge in [-0.2, -0.15) is 0 Å². The fourth-order valence-corrected chi connectivity index (χ4v) is 1.83. The Hall–Kier alpha value is -0.870. The van der Waals surface area contributed by atoms with Crippen molar-refractivity contribution in [3.63, 3.8) is 0 Å². The summed E-state index contributed by atoms with van der Waals surface area (Å²) in [5.74, 6) is 0.117. The number of nitrogens with zero attached hydrogens (tertiary/aromatic N) is 1. The smallest absolute Gasteiger partial charge is 0.238 e. The molecule has 0 radical (unpaired) electrons. The van der Waals surface area contributed by atoms with E-state index in [1.807, 2.05) is 13.8 Å². The van der Waals surface area contributed by atoms with E-state index in [2.05, 4.69) is 22.1 Å². The van der Waals surface area contributed by atoms with Crippen molar-refractivity contribution in [2.45, 2.75) is 19.9 Å². The van der Waals surface area contributed by atoms with Crippen LogP contribution in [0.2, 0.25) is 0 Å². The van der Waals surface area contributed by atoms with E-state index in [4.69, 9.17) is 0 Å². The van der Waals surface area contributed by atoms with Crippen LogP contribution in [-0.2, 0) is 4.79 Å². The Balaban J connectivity index is 2.56. The van der Waals surface area contributed by atoms with Crippen molar-refractivity contribution in [2.75, 3.05) is 32.7 Å². The van der Waals surface area contributed by atoms with Crippen molar-refractivity contribution >= 4 is 5.91 Å². The molecule has 0 aliphatic carbocycles. The van der Waals surface area contributed by atoms with Gasteiger partial charge in [0.05, 0.1) is 0 Å². The van der Waals surface area contributed by atoms with Crippen LogP contribution in [0, 0.1) is 0 Å². The van der Waals surface area contributed by atoms with Crippen LogP contribution in [-0.4, -0.2) is 49.6 Å². The summed E-state index contributed by atoms with van der Waals surface area (Å²) in [6.45, 7) is 11.9. The van der Waals surface area contributed by atoms with Crippen molar-refractivity contribution in [3.05, 3.63) is 12.2 Å². The first-order valence-electron chi connectivity index (χ1n) is 5.52. The van der Waals surface area contributed by atoms with E-state index in [-0.39, 0.29) is 11.9 Å². The standard InChI is InChI=1S/C11H21N3O/c1-4-13-11(15)10-7-12-5-6-14(10)8-9(2)3/h10,12H,2,4-8H2,1,3H3,(H,13,15). The molecule has 86 valence electrons. The maximum absolute atomic E-state index is 11.8. The lowest BCUT2D eigenvalue weighted by atomic mass is 10.1. The van der Waals surface area contributed by atoms with Crippen molar-refractivity contribution in [1.29, 1.82) is 0 Å². The van der Waals surface area contributed by atoms with Crippen molar-refractivity contribution in [1.82, 2.24) is 15.5 Å². The summed E-state index contributed by atoms with van der Waals surface area (Å²) < 4.78 is 0. The predicted molar refractivity (Wildman–Crippen MR) is 61.7 cm³/mol. The number of piperazine rings is 1. The third-order valence-corrected chi connectivity index (χ3v) is 2.48. The third-order valence-electron chi connectivity index (χ3n) is 2.48. The molecular weight excluding hydrogens is 190 g/mol. The molecular formula is C11H21N3O. The molecule has 0 spiro atoms. The Morgan fingerprint density at radius 2 is 2.40 bits per heavy atom. The van der Waals surface area contributed by atoms with Gasteiger partial charge in [-0.1, -0.05) is 12.2 Å². The summed E-state index contributed by atoms with van der Waals surface area (Å²) in [6.07, 6.45) is 0. The number of likely N-dealkylation sites (N-methyl/N-ethyl adjacent to an activating group) is 1. The topological polar surface area (TPSA) is 44.4 Å². The van der Waals surface area contributed by atoms with Gasteiger partial charge >= 0.3 is 0 Å². The van der Waals surface area contributed by atoms with Crippen molar-refractivity contribution < 1.29 is 4.79 Å². The van der Waals surface area contributed by atoms with Crippen LogP contribution in [0.25, 0.3) is 0 Å². The molecule has 0 aromatic heterocycles. The average molecular weight is 211 g/mol. The van der Waals surface area contributed by atoms with Crippen LogP contribution in [0.4, 0.5) is 0 Å². The number of carbonyl (C=O) groups excluding carboxylic acids is 1. The Labute approximate surface area is 91.7 Å². The average Bonchev–Trinajstić information content (AvgIpc) is 2.18. The van der Waals surface area contributed by atoms with Gasteiger partial charge in [0.1, 0.15) is 6.04 Å². The van der Waals surface area contributed by atoms with Gasteiger partial charge in [-0.25, -0.2) is 0 Å². The zero-order valence-corrected chi connectivity index (χ0v) is 9.68. The quantitative estimate of drug-likeness (QED) is 0.642. The summed E-state index contributed by atoms with van der Waals surface area (Å²) in [5.41, 5.74) is 1.10. The Kier molecular flexibility index (Phi) is 4.78. The fraction of sp³-hybridized carbons (Fsp3) is 0.727. The van der Waals surface area contributed by atoms with E-state index in [1.165, 1.54) is 0 Å². The van der Waals surface area contributed by atoms with Gasteiger partial charge < -0.3 is 10.6 Å². The molecule has 1 aliphatic heterocycles. The summed E-state index contributed by atoms with van der Waals surface area (Å²) in [4.78, 5) is 14.0. The molecule has 1 rings (SSSR count). The minimum absolute atomic E-state index is 0.0459. The fourth-order valence-electron chi connectivity index (χ4n) is 1.83. The van der Waals surface area contributed by atoms with Crippen LogP contribution in [0.15, 0.2) is 12.2 Å². The highest BCUT2D eigenvalue weighted by Crippen LogP contribution is 2.06. The molecule has 1 atom stereocenters. The summed E-state index contributed by atoms with van der Waals surface area (Å²) >= 11 is 0. The summed E-state index contributed by atoms with van der Waals surface area (Å²) in [5, 5.41) is 6.11. The van der Waals surface area contributed by atoms with E-state index in [1.54, 1.807) is 0 Å². The van der Waals surface area contributed by atoms with Gasteiger partial charge in [0.25, 0.3) is 0 Å². The maximum atomic E-state index is 11.8. The molecule has 0 aromatic carbocycles. The highest BCUT2D eigenvalue weighted by Gasteiger charge is 2.27. The molecule has 1 saturated heterocycles. The molecule has 2 N–H and O–H groups in total. The van der Waals surface area contributed by atoms with Crippen molar-refractivity contribution in [2.24, 2.45) is 0 Å². The first-order chi connectivity index (χ1) is 7.15. The van der Waals surface area contributed by atoms with Gasteiger partial charge in [-0.15, -0.1) is 0 Å². The number of rotatable bonds is 4. The normalized spacial score (nSPS) is 22.4. The number of nitrogens with one attached hydrogen (secondary N) is 2. The first kappa shape index (κ1) is 12.2. The van der Waals surface area contributed by atoms with E-state index < -0.39 is 0 Å². The molecule has 1 amide bonds. The van der Waals surface area contributed by atoms with Gasteiger partial charge in [-0.05, 0) is 13.8 Å². The van der Waals surface area contributed by atoms with E-state index in [9.17, 15) is 4.79 Å². The Morgan fingerprint density at radius 1 is 1.67 bits per heavy atom. The minimum atomic E-state index is -0.0459. The predicted octanol–water partition coefficient (Wildman–Crippen LogP) is -0.0276. The maximum Gasteiger partial charge on any atom is 0.238 e. The lowest BCUT2D eigenvalue weighted by molar-refractivity contribution is -0.126. The largest absolute Gasteiger partial charge is 0.355 e.